The molecule has 0 radical (unpaired) electrons. The maximum absolute atomic E-state index is 10.5. The number of carbonyl (C=O) groups is 1. The summed E-state index contributed by atoms with van der Waals surface area (Å²) in [6.45, 7) is 3.56. The number of rotatable bonds is 1. The van der Waals surface area contributed by atoms with Crippen molar-refractivity contribution < 1.29 is 9.53 Å². The average molecular weight is 114 g/mol. The van der Waals surface area contributed by atoms with Crippen LogP contribution < -0.4 is 0 Å². The van der Waals surface area contributed by atoms with Crippen molar-refractivity contribution in [1.82, 2.24) is 5.01 Å². The third-order valence-corrected chi connectivity index (χ3v) is 0.898. The lowest BCUT2D eigenvalue weighted by Crippen LogP contribution is -2.18. The third kappa shape index (κ3) is 0.696. The summed E-state index contributed by atoms with van der Waals surface area (Å²) in [7, 11) is 0. The molecule has 1 heterocycles. The fraction of sp³-hybridized carbons (Fsp3) is 0.500. The number of ether oxygens (including phenoxy) is 1. The van der Waals surface area contributed by atoms with Crippen LogP contribution in [0.1, 0.15) is 0 Å². The quantitative estimate of drug-likeness (QED) is 0.428. The van der Waals surface area contributed by atoms with Gasteiger partial charge in [-0.1, -0.05) is 0 Å². The standard InChI is InChI=1S/C4H6N2O2/c1-5-6-3-8-2-4(6)7/h1-3H2. The minimum atomic E-state index is -0.125. The Labute approximate surface area is 46.7 Å². The first-order valence-electron chi connectivity index (χ1n) is 2.19. The van der Waals surface area contributed by atoms with Crippen molar-refractivity contribution in [3.8, 4) is 0 Å². The van der Waals surface area contributed by atoms with E-state index in [2.05, 4.69) is 11.8 Å². The molecular formula is C4H6N2O2. The molecule has 1 amide bonds. The summed E-state index contributed by atoms with van der Waals surface area (Å²) in [6.07, 6.45) is 0. The first-order chi connectivity index (χ1) is 3.84. The van der Waals surface area contributed by atoms with E-state index < -0.39 is 0 Å². The van der Waals surface area contributed by atoms with Crippen molar-refractivity contribution in [1.29, 1.82) is 0 Å². The Hall–Kier alpha value is -0.900. The van der Waals surface area contributed by atoms with Gasteiger partial charge in [-0.05, 0) is 0 Å². The lowest BCUT2D eigenvalue weighted by atomic mass is 10.7. The molecule has 0 spiro atoms. The van der Waals surface area contributed by atoms with Crippen LogP contribution in [0.2, 0.25) is 0 Å². The molecule has 1 saturated heterocycles. The maximum Gasteiger partial charge on any atom is 0.270 e. The van der Waals surface area contributed by atoms with Gasteiger partial charge in [-0.2, -0.15) is 5.10 Å². The van der Waals surface area contributed by atoms with E-state index in [0.29, 0.717) is 0 Å². The van der Waals surface area contributed by atoms with Crippen molar-refractivity contribution in [2.45, 2.75) is 0 Å². The van der Waals surface area contributed by atoms with Gasteiger partial charge in [-0.25, -0.2) is 5.01 Å². The van der Waals surface area contributed by atoms with Crippen molar-refractivity contribution in [3.05, 3.63) is 0 Å². The minimum Gasteiger partial charge on any atom is -0.349 e. The van der Waals surface area contributed by atoms with E-state index >= 15 is 0 Å². The summed E-state index contributed by atoms with van der Waals surface area (Å²) in [4.78, 5) is 10.5. The summed E-state index contributed by atoms with van der Waals surface area (Å²) in [5, 5.41) is 4.56. The van der Waals surface area contributed by atoms with E-state index in [0.717, 1.165) is 0 Å². The Balaban J connectivity index is 2.54. The van der Waals surface area contributed by atoms with Gasteiger partial charge in [0.05, 0.1) is 0 Å². The van der Waals surface area contributed by atoms with Gasteiger partial charge in [-0.15, -0.1) is 0 Å². The van der Waals surface area contributed by atoms with Gasteiger partial charge in [0.15, 0.2) is 0 Å². The molecule has 0 aromatic carbocycles. The monoisotopic (exact) mass is 114 g/mol. The van der Waals surface area contributed by atoms with E-state index in [9.17, 15) is 4.79 Å². The Morgan fingerprint density at radius 1 is 1.88 bits per heavy atom. The molecule has 0 aromatic heterocycles. The summed E-state index contributed by atoms with van der Waals surface area (Å²) in [6, 6.07) is 0. The van der Waals surface area contributed by atoms with Crippen molar-refractivity contribution in [3.63, 3.8) is 0 Å². The van der Waals surface area contributed by atoms with Gasteiger partial charge < -0.3 is 4.74 Å². The first kappa shape index (κ1) is 5.24. The van der Waals surface area contributed by atoms with Crippen LogP contribution in [0.4, 0.5) is 0 Å². The van der Waals surface area contributed by atoms with Crippen molar-refractivity contribution in [2.24, 2.45) is 5.10 Å². The normalized spacial score (nSPS) is 19.5. The Bertz CT molecular complexity index is 123. The molecule has 1 fully saturated rings. The smallest absolute Gasteiger partial charge is 0.270 e. The van der Waals surface area contributed by atoms with Crippen molar-refractivity contribution >= 4 is 12.6 Å². The van der Waals surface area contributed by atoms with Crippen LogP contribution >= 0.6 is 0 Å². The molecule has 4 heteroatoms. The van der Waals surface area contributed by atoms with E-state index in [-0.39, 0.29) is 19.2 Å². The number of carbonyl (C=O) groups excluding carboxylic acids is 1. The van der Waals surface area contributed by atoms with Crippen LogP contribution in [0.5, 0.6) is 0 Å². The van der Waals surface area contributed by atoms with Gasteiger partial charge in [0.1, 0.15) is 13.3 Å². The van der Waals surface area contributed by atoms with E-state index in [4.69, 9.17) is 4.74 Å². The largest absolute Gasteiger partial charge is 0.349 e. The molecule has 1 aliphatic heterocycles. The predicted octanol–water partition coefficient (Wildman–Crippen LogP) is -0.582. The molecule has 4 nitrogen and oxygen atoms in total. The molecule has 44 valence electrons. The average Bonchev–Trinajstić information content (AvgIpc) is 2.14. The molecule has 0 aromatic rings. The molecule has 0 bridgehead atoms. The number of hydrogen-bond donors (Lipinski definition) is 0. The SMILES string of the molecule is C=NN1COCC1=O. The summed E-state index contributed by atoms with van der Waals surface area (Å²) in [5.41, 5.74) is 0. The zero-order valence-corrected chi connectivity index (χ0v) is 4.33. The highest BCUT2D eigenvalue weighted by Gasteiger charge is 2.18. The molecule has 1 rings (SSSR count). The highest BCUT2D eigenvalue weighted by atomic mass is 16.5. The Kier molecular flexibility index (Phi) is 1.26. The number of hydrazone groups is 1. The van der Waals surface area contributed by atoms with Crippen LogP contribution in [0.25, 0.3) is 0 Å². The molecule has 0 N–H and O–H groups in total. The van der Waals surface area contributed by atoms with Crippen LogP contribution in [0.3, 0.4) is 0 Å². The molecule has 0 unspecified atom stereocenters. The van der Waals surface area contributed by atoms with E-state index in [1.165, 1.54) is 5.01 Å². The number of nitrogens with zero attached hydrogens (tertiary/aromatic N) is 2. The number of amides is 1. The summed E-state index contributed by atoms with van der Waals surface area (Å²) in [5.74, 6) is -0.125. The molecule has 0 aliphatic carbocycles. The second-order valence-electron chi connectivity index (χ2n) is 1.41. The van der Waals surface area contributed by atoms with Crippen LogP contribution in [-0.4, -0.2) is 31.0 Å². The van der Waals surface area contributed by atoms with Gasteiger partial charge in [0.25, 0.3) is 5.91 Å². The summed E-state index contributed by atoms with van der Waals surface area (Å²) >= 11 is 0. The lowest BCUT2D eigenvalue weighted by molar-refractivity contribution is -0.126. The molecular weight excluding hydrogens is 108 g/mol. The molecule has 0 atom stereocenters. The van der Waals surface area contributed by atoms with Crippen LogP contribution in [0, 0.1) is 0 Å². The molecule has 0 saturated carbocycles. The zero-order chi connectivity index (χ0) is 5.98. The predicted molar refractivity (Wildman–Crippen MR) is 27.2 cm³/mol. The zero-order valence-electron chi connectivity index (χ0n) is 4.33. The second-order valence-corrected chi connectivity index (χ2v) is 1.41. The van der Waals surface area contributed by atoms with Gasteiger partial charge in [0.2, 0.25) is 0 Å². The lowest BCUT2D eigenvalue weighted by Gasteiger charge is -2.01. The number of hydrogen-bond acceptors (Lipinski definition) is 3. The topological polar surface area (TPSA) is 41.9 Å². The third-order valence-electron chi connectivity index (χ3n) is 0.898. The summed E-state index contributed by atoms with van der Waals surface area (Å²) < 4.78 is 4.70. The van der Waals surface area contributed by atoms with Gasteiger partial charge >= 0.3 is 0 Å². The minimum absolute atomic E-state index is 0.125. The van der Waals surface area contributed by atoms with Crippen LogP contribution in [-0.2, 0) is 9.53 Å². The van der Waals surface area contributed by atoms with Crippen LogP contribution in [0.15, 0.2) is 5.10 Å². The Morgan fingerprint density at radius 3 is 2.88 bits per heavy atom. The van der Waals surface area contributed by atoms with Crippen molar-refractivity contribution in [2.75, 3.05) is 13.3 Å². The van der Waals surface area contributed by atoms with E-state index in [1.807, 2.05) is 0 Å². The first-order valence-corrected chi connectivity index (χ1v) is 2.19. The van der Waals surface area contributed by atoms with Gasteiger partial charge in [0, 0.05) is 6.72 Å². The fourth-order valence-corrected chi connectivity index (χ4v) is 0.486. The van der Waals surface area contributed by atoms with E-state index in [1.54, 1.807) is 0 Å². The maximum atomic E-state index is 10.5. The highest BCUT2D eigenvalue weighted by molar-refractivity contribution is 5.78. The molecule has 8 heavy (non-hydrogen) atoms. The fourth-order valence-electron chi connectivity index (χ4n) is 0.486. The van der Waals surface area contributed by atoms with Gasteiger partial charge in [-0.3, -0.25) is 4.79 Å². The highest BCUT2D eigenvalue weighted by Crippen LogP contribution is 1.98. The molecule has 1 aliphatic rings. The second kappa shape index (κ2) is 1.92. The Morgan fingerprint density at radius 2 is 2.62 bits per heavy atom.